The molecule has 0 fully saturated rings. The van der Waals surface area contributed by atoms with Gasteiger partial charge in [0.15, 0.2) is 0 Å². The molecule has 0 amide bonds. The van der Waals surface area contributed by atoms with E-state index in [2.05, 4.69) is 9.98 Å². The maximum Gasteiger partial charge on any atom is 0.143 e. The lowest BCUT2D eigenvalue weighted by molar-refractivity contribution is 0.474. The quantitative estimate of drug-likeness (QED) is 0.274. The van der Waals surface area contributed by atoms with Crippen molar-refractivity contribution in [3.63, 3.8) is 0 Å². The molecule has 0 radical (unpaired) electrons. The van der Waals surface area contributed by atoms with Gasteiger partial charge in [0.2, 0.25) is 0 Å². The van der Waals surface area contributed by atoms with Gasteiger partial charge in [0.1, 0.15) is 11.5 Å². The van der Waals surface area contributed by atoms with Crippen LogP contribution in [0.15, 0.2) is 70.6 Å². The molecule has 0 saturated carbocycles. The van der Waals surface area contributed by atoms with Crippen LogP contribution in [0.4, 0.5) is 11.4 Å². The Balaban J connectivity index is 1.74. The van der Waals surface area contributed by atoms with E-state index in [1.165, 1.54) is 24.6 Å². The Morgan fingerprint density at radius 1 is 0.594 bits per heavy atom. The highest BCUT2D eigenvalue weighted by Gasteiger charge is 2.09. The number of aromatic hydroxyl groups is 2. The van der Waals surface area contributed by atoms with Gasteiger partial charge in [-0.05, 0) is 36.4 Å². The lowest BCUT2D eigenvalue weighted by Gasteiger charge is -2.06. The zero-order valence-electron chi connectivity index (χ0n) is 16.2. The molecule has 0 bridgehead atoms. The molecule has 160 valence electrons. The molecule has 2 N–H and O–H groups in total. The van der Waals surface area contributed by atoms with Crippen molar-refractivity contribution >= 4 is 81.0 Å². The van der Waals surface area contributed by atoms with E-state index in [9.17, 15) is 10.2 Å². The first-order chi connectivity index (χ1) is 15.3. The molecule has 4 nitrogen and oxygen atoms in total. The van der Waals surface area contributed by atoms with Crippen LogP contribution in [0.2, 0.25) is 20.1 Å². The van der Waals surface area contributed by atoms with Crippen molar-refractivity contribution in [2.45, 2.75) is 0 Å². The first-order valence-electron chi connectivity index (χ1n) is 9.29. The highest BCUT2D eigenvalue weighted by molar-refractivity contribution is 6.36. The molecule has 0 aliphatic rings. The van der Waals surface area contributed by atoms with Crippen LogP contribution in [-0.4, -0.2) is 22.6 Å². The normalized spacial score (nSPS) is 11.8. The molecule has 4 aromatic rings. The Labute approximate surface area is 204 Å². The molecule has 0 unspecified atom stereocenters. The Morgan fingerprint density at radius 2 is 1.00 bits per heavy atom. The van der Waals surface area contributed by atoms with Gasteiger partial charge in [-0.1, -0.05) is 70.7 Å². The molecule has 0 atom stereocenters. The maximum atomic E-state index is 10.2. The lowest BCUT2D eigenvalue weighted by atomic mass is 10.1. The third-order valence-corrected chi connectivity index (χ3v) is 5.69. The van der Waals surface area contributed by atoms with Gasteiger partial charge in [-0.15, -0.1) is 0 Å². The summed E-state index contributed by atoms with van der Waals surface area (Å²) >= 11 is 24.0. The first-order valence-corrected chi connectivity index (χ1v) is 10.8. The van der Waals surface area contributed by atoms with E-state index in [1.807, 2.05) is 36.4 Å². The third kappa shape index (κ3) is 4.69. The summed E-state index contributed by atoms with van der Waals surface area (Å²) < 4.78 is 0. The van der Waals surface area contributed by atoms with Crippen LogP contribution in [-0.2, 0) is 0 Å². The van der Waals surface area contributed by atoms with Crippen molar-refractivity contribution in [1.82, 2.24) is 0 Å². The number of benzene rings is 4. The molecule has 0 aliphatic heterocycles. The van der Waals surface area contributed by atoms with E-state index in [1.54, 1.807) is 12.1 Å². The Morgan fingerprint density at radius 3 is 1.41 bits per heavy atom. The molecular weight excluding hydrogens is 490 g/mol. The summed E-state index contributed by atoms with van der Waals surface area (Å²) in [6.07, 6.45) is 3.01. The summed E-state index contributed by atoms with van der Waals surface area (Å²) in [5, 5.41) is 23.1. The summed E-state index contributed by atoms with van der Waals surface area (Å²) in [5.41, 5.74) is 2.15. The van der Waals surface area contributed by atoms with Gasteiger partial charge in [0.25, 0.3) is 0 Å². The average Bonchev–Trinajstić information content (AvgIpc) is 2.76. The van der Waals surface area contributed by atoms with Crippen LogP contribution in [0.25, 0.3) is 10.8 Å². The van der Waals surface area contributed by atoms with Crippen molar-refractivity contribution in [3.8, 4) is 11.5 Å². The standard InChI is InChI=1S/C24H14Cl4N2O2/c25-15-7-13(23(31)19(27)9-15)11-29-21-5-1-3-17-18(21)4-2-6-22(17)30-12-14-8-16(26)10-20(28)24(14)32/h1-12,31-32H. The Hall–Kier alpha value is -2.76. The number of hydrogen-bond donors (Lipinski definition) is 2. The Kier molecular flexibility index (Phi) is 6.58. The van der Waals surface area contributed by atoms with E-state index < -0.39 is 0 Å². The van der Waals surface area contributed by atoms with Crippen molar-refractivity contribution in [1.29, 1.82) is 0 Å². The first kappa shape index (κ1) is 22.4. The van der Waals surface area contributed by atoms with Crippen LogP contribution in [0.3, 0.4) is 0 Å². The van der Waals surface area contributed by atoms with E-state index in [4.69, 9.17) is 46.4 Å². The summed E-state index contributed by atoms with van der Waals surface area (Å²) in [4.78, 5) is 9.03. The molecule has 4 aromatic carbocycles. The highest BCUT2D eigenvalue weighted by atomic mass is 35.5. The molecule has 8 heteroatoms. The van der Waals surface area contributed by atoms with Gasteiger partial charge < -0.3 is 10.2 Å². The number of phenols is 2. The maximum absolute atomic E-state index is 10.2. The third-order valence-electron chi connectivity index (χ3n) is 4.68. The summed E-state index contributed by atoms with van der Waals surface area (Å²) in [6, 6.07) is 17.3. The molecular formula is C24H14Cl4N2O2. The fourth-order valence-corrected chi connectivity index (χ4v) is 4.17. The van der Waals surface area contributed by atoms with Gasteiger partial charge >= 0.3 is 0 Å². The largest absolute Gasteiger partial charge is 0.506 e. The van der Waals surface area contributed by atoms with E-state index >= 15 is 0 Å². The van der Waals surface area contributed by atoms with E-state index in [0.717, 1.165) is 10.8 Å². The summed E-state index contributed by atoms with van der Waals surface area (Å²) in [5.74, 6) is -0.185. The fraction of sp³-hybridized carbons (Fsp3) is 0. The minimum atomic E-state index is -0.0923. The number of phenolic OH excluding ortho intramolecular Hbond substituents is 2. The minimum absolute atomic E-state index is 0.0923. The Bertz CT molecular complexity index is 1290. The molecule has 32 heavy (non-hydrogen) atoms. The summed E-state index contributed by atoms with van der Waals surface area (Å²) in [7, 11) is 0. The topological polar surface area (TPSA) is 65.2 Å². The average molecular weight is 504 g/mol. The molecule has 0 heterocycles. The smallest absolute Gasteiger partial charge is 0.143 e. The number of nitrogens with zero attached hydrogens (tertiary/aromatic N) is 2. The number of fused-ring (bicyclic) bond motifs is 1. The molecule has 0 spiro atoms. The van der Waals surface area contributed by atoms with Crippen molar-refractivity contribution < 1.29 is 10.2 Å². The van der Waals surface area contributed by atoms with E-state index in [0.29, 0.717) is 32.5 Å². The van der Waals surface area contributed by atoms with Crippen molar-refractivity contribution in [2.75, 3.05) is 0 Å². The number of aliphatic imine (C=N–C) groups is 2. The second kappa shape index (κ2) is 9.39. The van der Waals surface area contributed by atoms with Crippen LogP contribution < -0.4 is 0 Å². The molecule has 0 aromatic heterocycles. The molecule has 0 aliphatic carbocycles. The van der Waals surface area contributed by atoms with Gasteiger partial charge in [-0.2, -0.15) is 0 Å². The van der Waals surface area contributed by atoms with Gasteiger partial charge in [-0.25, -0.2) is 0 Å². The zero-order valence-corrected chi connectivity index (χ0v) is 19.3. The van der Waals surface area contributed by atoms with Gasteiger partial charge in [-0.3, -0.25) is 9.98 Å². The van der Waals surface area contributed by atoms with Crippen molar-refractivity contribution in [2.24, 2.45) is 9.98 Å². The predicted octanol–water partition coefficient (Wildman–Crippen LogP) is 8.37. The predicted molar refractivity (Wildman–Crippen MR) is 135 cm³/mol. The van der Waals surface area contributed by atoms with Gasteiger partial charge in [0.05, 0.1) is 21.4 Å². The minimum Gasteiger partial charge on any atom is -0.506 e. The van der Waals surface area contributed by atoms with E-state index in [-0.39, 0.29) is 21.5 Å². The monoisotopic (exact) mass is 502 g/mol. The zero-order chi connectivity index (χ0) is 22.8. The molecule has 4 rings (SSSR count). The lowest BCUT2D eigenvalue weighted by Crippen LogP contribution is -1.85. The van der Waals surface area contributed by atoms with Crippen LogP contribution in [0, 0.1) is 0 Å². The highest BCUT2D eigenvalue weighted by Crippen LogP contribution is 2.35. The van der Waals surface area contributed by atoms with Crippen LogP contribution in [0.1, 0.15) is 11.1 Å². The van der Waals surface area contributed by atoms with Gasteiger partial charge in [0, 0.05) is 44.4 Å². The van der Waals surface area contributed by atoms with Crippen LogP contribution in [0.5, 0.6) is 11.5 Å². The van der Waals surface area contributed by atoms with Crippen LogP contribution >= 0.6 is 46.4 Å². The second-order valence-corrected chi connectivity index (χ2v) is 8.50. The second-order valence-electron chi connectivity index (χ2n) is 6.82. The van der Waals surface area contributed by atoms with Crippen molar-refractivity contribution in [3.05, 3.63) is 91.9 Å². The number of rotatable bonds is 4. The SMILES string of the molecule is Oc1c(Cl)cc(Cl)cc1C=Nc1cccc2c(N=Cc3cc(Cl)cc(Cl)c3O)cccc12. The number of hydrogen-bond acceptors (Lipinski definition) is 4. The summed E-state index contributed by atoms with van der Waals surface area (Å²) in [6.45, 7) is 0. The fourth-order valence-electron chi connectivity index (χ4n) is 3.15. The number of halogens is 4. The molecule has 0 saturated heterocycles.